The van der Waals surface area contributed by atoms with E-state index in [-0.39, 0.29) is 11.7 Å². The Balaban J connectivity index is 3.35. The molecule has 19 heavy (non-hydrogen) atoms. The van der Waals surface area contributed by atoms with Crippen molar-refractivity contribution < 1.29 is 14.4 Å². The van der Waals surface area contributed by atoms with Gasteiger partial charge < -0.3 is 14.5 Å². The van der Waals surface area contributed by atoms with Crippen molar-refractivity contribution in [3.63, 3.8) is 0 Å². The molecule has 4 heteroatoms. The van der Waals surface area contributed by atoms with Crippen molar-refractivity contribution >= 4 is 18.0 Å². The fourth-order valence-corrected chi connectivity index (χ4v) is 1.93. The van der Waals surface area contributed by atoms with E-state index >= 15 is 0 Å². The number of hydrogen-bond acceptors (Lipinski definition) is 3. The highest BCUT2D eigenvalue weighted by atomic mass is 16.2. The van der Waals surface area contributed by atoms with Crippen LogP contribution in [0.25, 0.3) is 0 Å². The van der Waals surface area contributed by atoms with Crippen LogP contribution in [0.2, 0.25) is 0 Å². The van der Waals surface area contributed by atoms with Crippen molar-refractivity contribution in [1.29, 1.82) is 0 Å². The van der Waals surface area contributed by atoms with Gasteiger partial charge in [-0.25, -0.2) is 0 Å². The molecule has 4 nitrogen and oxygen atoms in total. The largest absolute Gasteiger partial charge is 0.346 e. The summed E-state index contributed by atoms with van der Waals surface area (Å²) in [7, 11) is 1.79. The normalized spacial score (nSPS) is 10.2. The van der Waals surface area contributed by atoms with Crippen LogP contribution in [-0.4, -0.2) is 36.5 Å². The van der Waals surface area contributed by atoms with E-state index in [2.05, 4.69) is 0 Å². The topological polar surface area (TPSA) is 54.5 Å². The van der Waals surface area contributed by atoms with Gasteiger partial charge in [0.15, 0.2) is 0 Å². The first kappa shape index (κ1) is 17.8. The number of amides is 1. The lowest BCUT2D eigenvalue weighted by atomic mass is 10.1. The second kappa shape index (κ2) is 11.9. The molecule has 0 saturated carbocycles. The van der Waals surface area contributed by atoms with Gasteiger partial charge in [-0.15, -0.1) is 0 Å². The second-order valence-corrected chi connectivity index (χ2v) is 5.09. The summed E-state index contributed by atoms with van der Waals surface area (Å²) in [6, 6.07) is 0. The minimum Gasteiger partial charge on any atom is -0.346 e. The maximum Gasteiger partial charge on any atom is 0.222 e. The van der Waals surface area contributed by atoms with Crippen molar-refractivity contribution in [3.05, 3.63) is 0 Å². The van der Waals surface area contributed by atoms with Crippen molar-refractivity contribution in [1.82, 2.24) is 4.90 Å². The summed E-state index contributed by atoms with van der Waals surface area (Å²) < 4.78 is 0. The first-order chi connectivity index (χ1) is 9.07. The van der Waals surface area contributed by atoms with Crippen molar-refractivity contribution in [2.45, 2.75) is 64.7 Å². The summed E-state index contributed by atoms with van der Waals surface area (Å²) in [6.45, 7) is 2.41. The van der Waals surface area contributed by atoms with E-state index in [0.29, 0.717) is 19.3 Å². The number of rotatable bonds is 12. The molecule has 0 rings (SSSR count). The SMILES string of the molecule is CC(=O)CCCCCCCCN(C)C(=O)CCC=O. The molecule has 0 aliphatic carbocycles. The summed E-state index contributed by atoms with van der Waals surface area (Å²) in [4.78, 5) is 34.1. The molecule has 0 aromatic heterocycles. The van der Waals surface area contributed by atoms with Gasteiger partial charge in [-0.1, -0.05) is 25.7 Å². The van der Waals surface area contributed by atoms with E-state index in [4.69, 9.17) is 0 Å². The number of unbranched alkanes of at least 4 members (excludes halogenated alkanes) is 5. The number of carbonyl (C=O) groups is 3. The van der Waals surface area contributed by atoms with Crippen LogP contribution < -0.4 is 0 Å². The molecule has 0 N–H and O–H groups in total. The Kier molecular flexibility index (Phi) is 11.1. The third kappa shape index (κ3) is 11.6. The van der Waals surface area contributed by atoms with Crippen LogP contribution in [0.3, 0.4) is 0 Å². The smallest absolute Gasteiger partial charge is 0.222 e. The molecule has 0 fully saturated rings. The van der Waals surface area contributed by atoms with Crippen LogP contribution in [0, 0.1) is 0 Å². The minimum atomic E-state index is 0.0496. The number of Topliss-reactive ketones (excluding diaryl/α,β-unsaturated/α-hetero) is 1. The highest BCUT2D eigenvalue weighted by molar-refractivity contribution is 5.78. The van der Waals surface area contributed by atoms with Gasteiger partial charge in [0.2, 0.25) is 5.91 Å². The fraction of sp³-hybridized carbons (Fsp3) is 0.800. The number of nitrogens with zero attached hydrogens (tertiary/aromatic N) is 1. The molecule has 0 bridgehead atoms. The van der Waals surface area contributed by atoms with E-state index in [1.54, 1.807) is 18.9 Å². The van der Waals surface area contributed by atoms with Crippen LogP contribution in [0.4, 0.5) is 0 Å². The third-order valence-corrected chi connectivity index (χ3v) is 3.17. The van der Waals surface area contributed by atoms with Gasteiger partial charge in [-0.05, 0) is 19.8 Å². The predicted molar refractivity (Wildman–Crippen MR) is 75.9 cm³/mol. The third-order valence-electron chi connectivity index (χ3n) is 3.17. The van der Waals surface area contributed by atoms with Gasteiger partial charge >= 0.3 is 0 Å². The Morgan fingerprint density at radius 1 is 0.947 bits per heavy atom. The zero-order valence-electron chi connectivity index (χ0n) is 12.3. The van der Waals surface area contributed by atoms with Crippen LogP contribution in [0.15, 0.2) is 0 Å². The van der Waals surface area contributed by atoms with Crippen LogP contribution in [0.5, 0.6) is 0 Å². The quantitative estimate of drug-likeness (QED) is 0.404. The Labute approximate surface area is 116 Å². The van der Waals surface area contributed by atoms with E-state index in [1.807, 2.05) is 0 Å². The summed E-state index contributed by atoms with van der Waals surface area (Å²) in [5.74, 6) is 0.323. The first-order valence-corrected chi connectivity index (χ1v) is 7.25. The average Bonchev–Trinajstić information content (AvgIpc) is 2.38. The molecule has 0 heterocycles. The van der Waals surface area contributed by atoms with Gasteiger partial charge in [-0.3, -0.25) is 4.79 Å². The second-order valence-electron chi connectivity index (χ2n) is 5.09. The lowest BCUT2D eigenvalue weighted by molar-refractivity contribution is -0.130. The van der Waals surface area contributed by atoms with Gasteiger partial charge in [0, 0.05) is 32.9 Å². The van der Waals surface area contributed by atoms with E-state index in [9.17, 15) is 14.4 Å². The molecule has 0 aromatic carbocycles. The number of hydrogen-bond donors (Lipinski definition) is 0. The first-order valence-electron chi connectivity index (χ1n) is 7.25. The van der Waals surface area contributed by atoms with Crippen molar-refractivity contribution in [2.75, 3.05) is 13.6 Å². The van der Waals surface area contributed by atoms with Crippen molar-refractivity contribution in [3.8, 4) is 0 Å². The summed E-state index contributed by atoms with van der Waals surface area (Å²) in [5.41, 5.74) is 0. The molecule has 0 saturated heterocycles. The molecule has 0 atom stereocenters. The lowest BCUT2D eigenvalue weighted by Crippen LogP contribution is -2.27. The molecule has 0 unspecified atom stereocenters. The number of ketones is 1. The van der Waals surface area contributed by atoms with Gasteiger partial charge in [0.1, 0.15) is 12.1 Å². The molecule has 0 spiro atoms. The van der Waals surface area contributed by atoms with Crippen LogP contribution >= 0.6 is 0 Å². The summed E-state index contributed by atoms with van der Waals surface area (Å²) >= 11 is 0. The molecule has 0 aromatic rings. The molecule has 0 radical (unpaired) electrons. The summed E-state index contributed by atoms with van der Waals surface area (Å²) in [6.07, 6.45) is 8.70. The predicted octanol–water partition coefficient (Wildman–Crippen LogP) is 2.74. The maximum absolute atomic E-state index is 11.5. The standard InChI is InChI=1S/C15H27NO3/c1-14(18)10-7-5-3-4-6-8-12-16(2)15(19)11-9-13-17/h13H,3-12H2,1-2H3. The Bertz CT molecular complexity index is 277. The van der Waals surface area contributed by atoms with Crippen LogP contribution in [-0.2, 0) is 14.4 Å². The molecule has 0 aliphatic heterocycles. The maximum atomic E-state index is 11.5. The highest BCUT2D eigenvalue weighted by Crippen LogP contribution is 2.08. The number of carbonyl (C=O) groups excluding carboxylic acids is 3. The zero-order chi connectivity index (χ0) is 14.5. The lowest BCUT2D eigenvalue weighted by Gasteiger charge is -2.16. The zero-order valence-corrected chi connectivity index (χ0v) is 12.3. The average molecular weight is 269 g/mol. The van der Waals surface area contributed by atoms with Gasteiger partial charge in [-0.2, -0.15) is 0 Å². The molecular weight excluding hydrogens is 242 g/mol. The van der Waals surface area contributed by atoms with Gasteiger partial charge in [0.25, 0.3) is 0 Å². The van der Waals surface area contributed by atoms with Crippen molar-refractivity contribution in [2.24, 2.45) is 0 Å². The van der Waals surface area contributed by atoms with E-state index in [0.717, 1.165) is 51.4 Å². The highest BCUT2D eigenvalue weighted by Gasteiger charge is 2.06. The molecule has 0 aliphatic rings. The Morgan fingerprint density at radius 3 is 2.11 bits per heavy atom. The molecular formula is C15H27NO3. The van der Waals surface area contributed by atoms with E-state index in [1.165, 1.54) is 0 Å². The Morgan fingerprint density at radius 2 is 1.53 bits per heavy atom. The van der Waals surface area contributed by atoms with Gasteiger partial charge in [0.05, 0.1) is 0 Å². The summed E-state index contributed by atoms with van der Waals surface area (Å²) in [5, 5.41) is 0. The van der Waals surface area contributed by atoms with Crippen LogP contribution in [0.1, 0.15) is 64.7 Å². The fourth-order valence-electron chi connectivity index (χ4n) is 1.93. The molecule has 1 amide bonds. The Hall–Kier alpha value is -1.19. The number of aldehydes is 1. The van der Waals surface area contributed by atoms with E-state index < -0.39 is 0 Å². The monoisotopic (exact) mass is 269 g/mol. The minimum absolute atomic E-state index is 0.0496. The molecule has 110 valence electrons.